The minimum Gasteiger partial charge on any atom is -0.507 e. The van der Waals surface area contributed by atoms with E-state index in [0.717, 1.165) is 21.8 Å². The van der Waals surface area contributed by atoms with Gasteiger partial charge in [-0.3, -0.25) is 0 Å². The monoisotopic (exact) mass is 330 g/mol. The molecule has 0 bridgehead atoms. The van der Waals surface area contributed by atoms with Gasteiger partial charge in [0.15, 0.2) is 0 Å². The Morgan fingerprint density at radius 1 is 1.13 bits per heavy atom. The molecule has 2 aromatic carbocycles. The van der Waals surface area contributed by atoms with Gasteiger partial charge >= 0.3 is 0 Å². The summed E-state index contributed by atoms with van der Waals surface area (Å²) in [6.45, 7) is 1.98. The van der Waals surface area contributed by atoms with E-state index < -0.39 is 10.0 Å². The standard InChI is InChI=1S/C17H18N2O3S/c1-12-7-9-13(10-8-12)16-11-15(18-19(16)23(2,21)22)14-5-3-4-6-17(14)20/h3-10,16,20H,11H2,1-2H3. The lowest BCUT2D eigenvalue weighted by atomic mass is 9.98. The molecule has 3 rings (SSSR count). The predicted molar refractivity (Wildman–Crippen MR) is 89.9 cm³/mol. The molecular weight excluding hydrogens is 312 g/mol. The third-order valence-electron chi connectivity index (χ3n) is 3.89. The maximum absolute atomic E-state index is 12.1. The van der Waals surface area contributed by atoms with Gasteiger partial charge in [-0.05, 0) is 24.6 Å². The van der Waals surface area contributed by atoms with Crippen molar-refractivity contribution in [3.05, 3.63) is 65.2 Å². The molecule has 0 fully saturated rings. The molecule has 5 nitrogen and oxygen atoms in total. The molecule has 23 heavy (non-hydrogen) atoms. The number of para-hydroxylation sites is 1. The van der Waals surface area contributed by atoms with E-state index >= 15 is 0 Å². The van der Waals surface area contributed by atoms with Crippen molar-refractivity contribution in [2.24, 2.45) is 5.10 Å². The SMILES string of the molecule is Cc1ccc(C2CC(c3ccccc3O)=NN2S(C)(=O)=O)cc1. The van der Waals surface area contributed by atoms with E-state index in [4.69, 9.17) is 0 Å². The molecule has 1 unspecified atom stereocenters. The molecule has 0 aromatic heterocycles. The van der Waals surface area contributed by atoms with Gasteiger partial charge in [-0.2, -0.15) is 9.52 Å². The van der Waals surface area contributed by atoms with Crippen molar-refractivity contribution in [2.45, 2.75) is 19.4 Å². The third-order valence-corrected chi connectivity index (χ3v) is 4.91. The third kappa shape index (κ3) is 3.07. The van der Waals surface area contributed by atoms with E-state index in [1.54, 1.807) is 24.3 Å². The first kappa shape index (κ1) is 15.6. The zero-order valence-electron chi connectivity index (χ0n) is 13.0. The van der Waals surface area contributed by atoms with Crippen LogP contribution >= 0.6 is 0 Å². The van der Waals surface area contributed by atoms with E-state index in [0.29, 0.717) is 17.7 Å². The highest BCUT2D eigenvalue weighted by Gasteiger charge is 2.35. The molecule has 1 aliphatic rings. The van der Waals surface area contributed by atoms with Gasteiger partial charge in [0.05, 0.1) is 18.0 Å². The molecule has 0 spiro atoms. The van der Waals surface area contributed by atoms with Crippen molar-refractivity contribution in [3.8, 4) is 5.75 Å². The van der Waals surface area contributed by atoms with Crippen molar-refractivity contribution in [1.29, 1.82) is 0 Å². The Hall–Kier alpha value is -2.34. The van der Waals surface area contributed by atoms with Crippen LogP contribution in [0.3, 0.4) is 0 Å². The normalized spacial score (nSPS) is 18.1. The summed E-state index contributed by atoms with van der Waals surface area (Å²) in [6.07, 6.45) is 1.57. The number of rotatable bonds is 3. The van der Waals surface area contributed by atoms with Crippen LogP contribution in [0.4, 0.5) is 0 Å². The maximum atomic E-state index is 12.1. The Bertz CT molecular complexity index is 858. The Morgan fingerprint density at radius 3 is 2.39 bits per heavy atom. The van der Waals surface area contributed by atoms with Crippen LogP contribution in [0, 0.1) is 6.92 Å². The molecule has 6 heteroatoms. The highest BCUT2D eigenvalue weighted by atomic mass is 32.2. The minimum absolute atomic E-state index is 0.101. The summed E-state index contributed by atoms with van der Waals surface area (Å²) < 4.78 is 25.3. The Labute approximate surface area is 135 Å². The lowest BCUT2D eigenvalue weighted by Crippen LogP contribution is -2.25. The summed E-state index contributed by atoms with van der Waals surface area (Å²) in [7, 11) is -3.50. The zero-order chi connectivity index (χ0) is 16.6. The molecule has 1 aliphatic heterocycles. The van der Waals surface area contributed by atoms with E-state index in [2.05, 4.69) is 5.10 Å². The van der Waals surface area contributed by atoms with Gasteiger partial charge in [-0.25, -0.2) is 8.42 Å². The largest absolute Gasteiger partial charge is 0.507 e. The van der Waals surface area contributed by atoms with Crippen molar-refractivity contribution >= 4 is 15.7 Å². The lowest BCUT2D eigenvalue weighted by Gasteiger charge is -2.21. The molecule has 1 atom stereocenters. The molecule has 2 aromatic rings. The van der Waals surface area contributed by atoms with Crippen LogP contribution in [0.15, 0.2) is 53.6 Å². The second-order valence-corrected chi connectivity index (χ2v) is 7.57. The molecule has 0 aliphatic carbocycles. The van der Waals surface area contributed by atoms with E-state index in [9.17, 15) is 13.5 Å². The van der Waals surface area contributed by atoms with Crippen LogP contribution in [0.2, 0.25) is 0 Å². The number of phenolic OH excluding ortho intramolecular Hbond substituents is 1. The van der Waals surface area contributed by atoms with Crippen LogP contribution in [0.5, 0.6) is 5.75 Å². The van der Waals surface area contributed by atoms with Crippen molar-refractivity contribution in [1.82, 2.24) is 4.41 Å². The molecule has 0 radical (unpaired) electrons. The number of hydrogen-bond acceptors (Lipinski definition) is 4. The quantitative estimate of drug-likeness (QED) is 0.941. The fourth-order valence-corrected chi connectivity index (χ4v) is 3.62. The molecule has 1 N–H and O–H groups in total. The van der Waals surface area contributed by atoms with Crippen molar-refractivity contribution in [3.63, 3.8) is 0 Å². The predicted octanol–water partition coefficient (Wildman–Crippen LogP) is 2.81. The number of hydrogen-bond donors (Lipinski definition) is 1. The average Bonchev–Trinajstić information content (AvgIpc) is 2.93. The van der Waals surface area contributed by atoms with Crippen molar-refractivity contribution in [2.75, 3.05) is 6.26 Å². The summed E-state index contributed by atoms with van der Waals surface area (Å²) in [4.78, 5) is 0. The number of phenols is 1. The van der Waals surface area contributed by atoms with Crippen LogP contribution in [0.25, 0.3) is 0 Å². The highest BCUT2D eigenvalue weighted by Crippen LogP contribution is 2.36. The van der Waals surface area contributed by atoms with Gasteiger partial charge < -0.3 is 5.11 Å². The first-order valence-electron chi connectivity index (χ1n) is 7.28. The highest BCUT2D eigenvalue weighted by molar-refractivity contribution is 7.88. The maximum Gasteiger partial charge on any atom is 0.247 e. The number of aryl methyl sites for hydroxylation is 1. The average molecular weight is 330 g/mol. The van der Waals surface area contributed by atoms with Crippen LogP contribution < -0.4 is 0 Å². The van der Waals surface area contributed by atoms with E-state index in [1.807, 2.05) is 31.2 Å². The van der Waals surface area contributed by atoms with E-state index in [1.165, 1.54) is 0 Å². The number of hydrazone groups is 1. The Morgan fingerprint density at radius 2 is 1.78 bits per heavy atom. The molecular formula is C17H18N2O3S. The summed E-state index contributed by atoms with van der Waals surface area (Å²) >= 11 is 0. The summed E-state index contributed by atoms with van der Waals surface area (Å²) in [5.41, 5.74) is 3.13. The fourth-order valence-electron chi connectivity index (χ4n) is 2.71. The van der Waals surface area contributed by atoms with Gasteiger partial charge in [-0.1, -0.05) is 42.0 Å². The second kappa shape index (κ2) is 5.70. The molecule has 120 valence electrons. The lowest BCUT2D eigenvalue weighted by molar-refractivity contribution is 0.375. The number of sulfonamides is 1. The molecule has 0 saturated carbocycles. The Balaban J connectivity index is 2.03. The first-order valence-corrected chi connectivity index (χ1v) is 9.13. The smallest absolute Gasteiger partial charge is 0.247 e. The molecule has 1 heterocycles. The molecule has 0 saturated heterocycles. The van der Waals surface area contributed by atoms with Crippen LogP contribution in [-0.2, 0) is 10.0 Å². The summed E-state index contributed by atoms with van der Waals surface area (Å²) in [5, 5.41) is 14.3. The van der Waals surface area contributed by atoms with E-state index in [-0.39, 0.29) is 11.8 Å². The van der Waals surface area contributed by atoms with Crippen LogP contribution in [-0.4, -0.2) is 29.9 Å². The van der Waals surface area contributed by atoms with Gasteiger partial charge in [-0.15, -0.1) is 0 Å². The summed E-state index contributed by atoms with van der Waals surface area (Å²) in [6, 6.07) is 14.2. The first-order chi connectivity index (χ1) is 10.9. The Kier molecular flexibility index (Phi) is 3.85. The molecule has 0 amide bonds. The van der Waals surface area contributed by atoms with Gasteiger partial charge in [0, 0.05) is 12.0 Å². The summed E-state index contributed by atoms with van der Waals surface area (Å²) in [5.74, 6) is 0.101. The van der Waals surface area contributed by atoms with Crippen LogP contribution in [0.1, 0.15) is 29.2 Å². The van der Waals surface area contributed by atoms with Gasteiger partial charge in [0.1, 0.15) is 5.75 Å². The zero-order valence-corrected chi connectivity index (χ0v) is 13.8. The number of nitrogens with zero attached hydrogens (tertiary/aromatic N) is 2. The van der Waals surface area contributed by atoms with Gasteiger partial charge in [0.2, 0.25) is 10.0 Å². The van der Waals surface area contributed by atoms with Crippen molar-refractivity contribution < 1.29 is 13.5 Å². The minimum atomic E-state index is -3.50. The fraction of sp³-hybridized carbons (Fsp3) is 0.235. The van der Waals surface area contributed by atoms with Gasteiger partial charge in [0.25, 0.3) is 0 Å². The topological polar surface area (TPSA) is 70.0 Å². The number of benzene rings is 2. The second-order valence-electron chi connectivity index (χ2n) is 5.73. The number of aromatic hydroxyl groups is 1.